The zero-order valence-electron chi connectivity index (χ0n) is 12.0. The summed E-state index contributed by atoms with van der Waals surface area (Å²) in [5, 5.41) is 14.7. The number of aliphatic hydroxyl groups is 1. The van der Waals surface area contributed by atoms with Gasteiger partial charge in [-0.2, -0.15) is 0 Å². The molecule has 2 N–H and O–H groups in total. The van der Waals surface area contributed by atoms with Crippen molar-refractivity contribution in [3.8, 4) is 0 Å². The number of hydrogen-bond donors (Lipinski definition) is 2. The summed E-state index contributed by atoms with van der Waals surface area (Å²) >= 11 is 9.41. The summed E-state index contributed by atoms with van der Waals surface area (Å²) in [4.78, 5) is 0. The molecule has 1 aromatic carbocycles. The maximum atomic E-state index is 10.6. The van der Waals surface area contributed by atoms with Crippen LogP contribution < -0.4 is 5.32 Å². The molecule has 1 aliphatic rings. The number of halogens is 2. The highest BCUT2D eigenvalue weighted by Crippen LogP contribution is 2.33. The van der Waals surface area contributed by atoms with Gasteiger partial charge in [-0.15, -0.1) is 0 Å². The summed E-state index contributed by atoms with van der Waals surface area (Å²) in [6.45, 7) is 3.67. The van der Waals surface area contributed by atoms with Gasteiger partial charge in [-0.3, -0.25) is 0 Å². The summed E-state index contributed by atoms with van der Waals surface area (Å²) in [5.41, 5.74) is 0.655. The van der Waals surface area contributed by atoms with Gasteiger partial charge in [0.15, 0.2) is 0 Å². The average molecular weight is 361 g/mol. The molecule has 2 nitrogen and oxygen atoms in total. The molecule has 1 saturated carbocycles. The minimum absolute atomic E-state index is 0.519. The maximum Gasteiger partial charge on any atom is 0.0771 e. The van der Waals surface area contributed by atoms with E-state index in [9.17, 15) is 5.11 Å². The summed E-state index contributed by atoms with van der Waals surface area (Å²) in [5.74, 6) is 0.808. The van der Waals surface area contributed by atoms with Crippen molar-refractivity contribution in [3.63, 3.8) is 0 Å². The van der Waals surface area contributed by atoms with E-state index in [0.717, 1.165) is 47.6 Å². The largest absolute Gasteiger partial charge is 0.389 e. The van der Waals surface area contributed by atoms with Crippen molar-refractivity contribution < 1.29 is 5.11 Å². The van der Waals surface area contributed by atoms with Gasteiger partial charge in [-0.1, -0.05) is 31.0 Å². The predicted octanol–water partition coefficient (Wildman–Crippen LogP) is 4.52. The molecule has 4 heteroatoms. The van der Waals surface area contributed by atoms with E-state index < -0.39 is 5.60 Å². The lowest BCUT2D eigenvalue weighted by molar-refractivity contribution is -0.00881. The Morgan fingerprint density at radius 3 is 2.70 bits per heavy atom. The molecular formula is C16H23BrClNO. The lowest BCUT2D eigenvalue weighted by Gasteiger charge is -2.36. The van der Waals surface area contributed by atoms with Gasteiger partial charge >= 0.3 is 0 Å². The molecule has 0 amide bonds. The van der Waals surface area contributed by atoms with E-state index in [4.69, 9.17) is 11.6 Å². The number of rotatable bonds is 5. The Balaban J connectivity index is 1.79. The van der Waals surface area contributed by atoms with Gasteiger partial charge in [0.05, 0.1) is 10.6 Å². The van der Waals surface area contributed by atoms with E-state index in [1.165, 1.54) is 12.0 Å². The van der Waals surface area contributed by atoms with Crippen LogP contribution in [0.1, 0.15) is 44.6 Å². The molecule has 1 aliphatic carbocycles. The Kier molecular flexibility index (Phi) is 5.91. The summed E-state index contributed by atoms with van der Waals surface area (Å²) in [6, 6.07) is 5.93. The smallest absolute Gasteiger partial charge is 0.0771 e. The van der Waals surface area contributed by atoms with E-state index in [1.807, 2.05) is 18.2 Å². The van der Waals surface area contributed by atoms with Gasteiger partial charge in [-0.05, 0) is 65.2 Å². The number of hydrogen-bond acceptors (Lipinski definition) is 2. The van der Waals surface area contributed by atoms with Crippen LogP contribution in [-0.2, 0) is 6.54 Å². The molecule has 1 fully saturated rings. The minimum Gasteiger partial charge on any atom is -0.389 e. The second-order valence-corrected chi connectivity index (χ2v) is 7.19. The highest BCUT2D eigenvalue weighted by atomic mass is 79.9. The van der Waals surface area contributed by atoms with Crippen LogP contribution >= 0.6 is 27.5 Å². The van der Waals surface area contributed by atoms with E-state index in [1.54, 1.807) is 0 Å². The first-order valence-corrected chi connectivity index (χ1v) is 8.56. The van der Waals surface area contributed by atoms with Crippen LogP contribution in [0.15, 0.2) is 22.7 Å². The predicted molar refractivity (Wildman–Crippen MR) is 88.1 cm³/mol. The Bertz CT molecular complexity index is 444. The topological polar surface area (TPSA) is 32.3 Å². The van der Waals surface area contributed by atoms with E-state index in [-0.39, 0.29) is 0 Å². The maximum absolute atomic E-state index is 10.6. The van der Waals surface area contributed by atoms with Crippen molar-refractivity contribution >= 4 is 27.5 Å². The fourth-order valence-electron chi connectivity index (χ4n) is 2.89. The molecule has 2 rings (SSSR count). The zero-order chi connectivity index (χ0) is 14.6. The zero-order valence-corrected chi connectivity index (χ0v) is 14.3. The van der Waals surface area contributed by atoms with Crippen molar-refractivity contribution in [2.45, 2.75) is 51.2 Å². The molecule has 0 radical (unpaired) electrons. The van der Waals surface area contributed by atoms with E-state index in [0.29, 0.717) is 6.54 Å². The normalized spacial score (nSPS) is 26.7. The molecule has 0 saturated heterocycles. The second kappa shape index (κ2) is 7.26. The first-order valence-electron chi connectivity index (χ1n) is 7.39. The van der Waals surface area contributed by atoms with E-state index in [2.05, 4.69) is 28.2 Å². The van der Waals surface area contributed by atoms with Gasteiger partial charge in [0.1, 0.15) is 0 Å². The van der Waals surface area contributed by atoms with E-state index >= 15 is 0 Å². The third-order valence-corrected chi connectivity index (χ3v) is 5.59. The van der Waals surface area contributed by atoms with Crippen molar-refractivity contribution in [3.05, 3.63) is 33.3 Å². The third-order valence-electron chi connectivity index (χ3n) is 4.38. The molecule has 0 heterocycles. The molecule has 0 unspecified atom stereocenters. The molecule has 20 heavy (non-hydrogen) atoms. The third kappa shape index (κ3) is 4.45. The Morgan fingerprint density at radius 2 is 2.10 bits per heavy atom. The lowest BCUT2D eigenvalue weighted by atomic mass is 9.78. The Hall–Kier alpha value is -0.0900. The Labute approximate surface area is 135 Å². The number of benzene rings is 1. The average Bonchev–Trinajstić information content (AvgIpc) is 2.44. The van der Waals surface area contributed by atoms with Gasteiger partial charge < -0.3 is 10.4 Å². The van der Waals surface area contributed by atoms with Gasteiger partial charge in [0.25, 0.3) is 0 Å². The highest BCUT2D eigenvalue weighted by molar-refractivity contribution is 9.10. The first-order chi connectivity index (χ1) is 9.52. The molecule has 1 aromatic rings. The molecule has 0 spiro atoms. The molecule has 0 bridgehead atoms. The van der Waals surface area contributed by atoms with Gasteiger partial charge in [0, 0.05) is 17.6 Å². The fourth-order valence-corrected chi connectivity index (χ4v) is 3.43. The molecule has 0 aliphatic heterocycles. The fraction of sp³-hybridized carbons (Fsp3) is 0.625. The number of nitrogens with one attached hydrogen (secondary N) is 1. The van der Waals surface area contributed by atoms with Crippen LogP contribution in [0.3, 0.4) is 0 Å². The van der Waals surface area contributed by atoms with Crippen LogP contribution in [0.4, 0.5) is 0 Å². The Morgan fingerprint density at radius 1 is 1.40 bits per heavy atom. The minimum atomic E-state index is -0.519. The SMILES string of the molecule is CCC1CCC(O)(CNCc2ccc(Cl)c(Br)c2)CC1. The standard InChI is InChI=1S/C16H23BrClNO/c1-2-12-5-7-16(20,8-6-12)11-19-10-13-3-4-15(18)14(17)9-13/h3-4,9,12,19-20H,2,5-8,10-11H2,1H3. The highest BCUT2D eigenvalue weighted by Gasteiger charge is 2.31. The van der Waals surface area contributed by atoms with Crippen LogP contribution in [0.2, 0.25) is 5.02 Å². The molecule has 0 atom stereocenters. The molecule has 112 valence electrons. The van der Waals surface area contributed by atoms with Crippen molar-refractivity contribution in [1.29, 1.82) is 0 Å². The lowest BCUT2D eigenvalue weighted by Crippen LogP contribution is -2.43. The van der Waals surface area contributed by atoms with Gasteiger partial charge in [0.2, 0.25) is 0 Å². The summed E-state index contributed by atoms with van der Waals surface area (Å²) < 4.78 is 0.917. The monoisotopic (exact) mass is 359 g/mol. The van der Waals surface area contributed by atoms with Crippen molar-refractivity contribution in [2.24, 2.45) is 5.92 Å². The van der Waals surface area contributed by atoms with Crippen LogP contribution in [-0.4, -0.2) is 17.3 Å². The van der Waals surface area contributed by atoms with Crippen LogP contribution in [0.5, 0.6) is 0 Å². The first kappa shape index (κ1) is 16.3. The van der Waals surface area contributed by atoms with Crippen LogP contribution in [0.25, 0.3) is 0 Å². The molecule has 0 aromatic heterocycles. The summed E-state index contributed by atoms with van der Waals surface area (Å²) in [7, 11) is 0. The molecular weight excluding hydrogens is 338 g/mol. The van der Waals surface area contributed by atoms with Crippen LogP contribution in [0, 0.1) is 5.92 Å². The van der Waals surface area contributed by atoms with Gasteiger partial charge in [-0.25, -0.2) is 0 Å². The second-order valence-electron chi connectivity index (χ2n) is 5.93. The van der Waals surface area contributed by atoms with Crippen molar-refractivity contribution in [1.82, 2.24) is 5.32 Å². The quantitative estimate of drug-likeness (QED) is 0.809. The summed E-state index contributed by atoms with van der Waals surface area (Å²) in [6.07, 6.45) is 5.39. The van der Waals surface area contributed by atoms with Crippen molar-refractivity contribution in [2.75, 3.05) is 6.54 Å².